The number of rotatable bonds is 6. The second kappa shape index (κ2) is 8.21. The molecule has 0 radical (unpaired) electrons. The topological polar surface area (TPSA) is 50.2 Å². The predicted molar refractivity (Wildman–Crippen MR) is 105 cm³/mol. The standard InChI is InChI=1S/C21H29FN4O/c1-4-16-8-7-11-25(13-16)21(2,3)15-23-20(27)17-12-24-26(14-17)19-10-6-5-9-18(19)22/h5-6,9-10,12,14,16H,4,7-8,11,13,15H2,1-3H3,(H,23,27). The lowest BCUT2D eigenvalue weighted by Gasteiger charge is -2.43. The number of carbonyl (C=O) groups is 1. The van der Waals surface area contributed by atoms with E-state index >= 15 is 0 Å². The first kappa shape index (κ1) is 19.5. The summed E-state index contributed by atoms with van der Waals surface area (Å²) in [4.78, 5) is 15.0. The number of amides is 1. The van der Waals surface area contributed by atoms with Gasteiger partial charge in [0, 0.05) is 24.8 Å². The molecule has 1 aromatic carbocycles. The number of nitrogens with zero attached hydrogens (tertiary/aromatic N) is 3. The molecule has 1 fully saturated rings. The van der Waals surface area contributed by atoms with Gasteiger partial charge in [0.15, 0.2) is 0 Å². The fourth-order valence-corrected chi connectivity index (χ4v) is 3.67. The van der Waals surface area contributed by atoms with Crippen LogP contribution in [0.4, 0.5) is 4.39 Å². The molecule has 146 valence electrons. The molecular formula is C21H29FN4O. The van der Waals surface area contributed by atoms with Gasteiger partial charge < -0.3 is 5.32 Å². The second-order valence-corrected chi connectivity index (χ2v) is 7.98. The molecule has 1 aromatic heterocycles. The molecule has 27 heavy (non-hydrogen) atoms. The van der Waals surface area contributed by atoms with Crippen molar-refractivity contribution in [2.24, 2.45) is 5.92 Å². The minimum Gasteiger partial charge on any atom is -0.350 e. The number of hydrogen-bond acceptors (Lipinski definition) is 3. The Morgan fingerprint density at radius 1 is 1.37 bits per heavy atom. The molecule has 1 amide bonds. The SMILES string of the molecule is CCC1CCCN(C(C)(C)CNC(=O)c2cnn(-c3ccccc3F)c2)C1. The van der Waals surface area contributed by atoms with Crippen molar-refractivity contribution >= 4 is 5.91 Å². The van der Waals surface area contributed by atoms with Gasteiger partial charge in [-0.3, -0.25) is 9.69 Å². The van der Waals surface area contributed by atoms with Crippen molar-refractivity contribution in [3.05, 3.63) is 48.0 Å². The molecule has 6 heteroatoms. The monoisotopic (exact) mass is 372 g/mol. The summed E-state index contributed by atoms with van der Waals surface area (Å²) in [5, 5.41) is 7.15. The van der Waals surface area contributed by atoms with Gasteiger partial charge in [-0.15, -0.1) is 0 Å². The zero-order valence-corrected chi connectivity index (χ0v) is 16.4. The van der Waals surface area contributed by atoms with E-state index in [1.54, 1.807) is 24.4 Å². The third-order valence-corrected chi connectivity index (χ3v) is 5.58. The molecule has 1 atom stereocenters. The van der Waals surface area contributed by atoms with Crippen molar-refractivity contribution < 1.29 is 9.18 Å². The fourth-order valence-electron chi connectivity index (χ4n) is 3.67. The molecule has 1 saturated heterocycles. The summed E-state index contributed by atoms with van der Waals surface area (Å²) < 4.78 is 15.3. The highest BCUT2D eigenvalue weighted by molar-refractivity contribution is 5.93. The number of para-hydroxylation sites is 1. The lowest BCUT2D eigenvalue weighted by molar-refractivity contribution is 0.0612. The lowest BCUT2D eigenvalue weighted by Crippen LogP contribution is -2.54. The maximum Gasteiger partial charge on any atom is 0.254 e. The maximum absolute atomic E-state index is 13.9. The van der Waals surface area contributed by atoms with Crippen LogP contribution in [-0.4, -0.2) is 45.8 Å². The van der Waals surface area contributed by atoms with Crippen LogP contribution in [-0.2, 0) is 0 Å². The van der Waals surface area contributed by atoms with Crippen LogP contribution in [0, 0.1) is 11.7 Å². The van der Waals surface area contributed by atoms with Gasteiger partial charge in [0.05, 0.1) is 11.8 Å². The van der Waals surface area contributed by atoms with Gasteiger partial charge in [0.1, 0.15) is 11.5 Å². The Balaban J connectivity index is 1.61. The second-order valence-electron chi connectivity index (χ2n) is 7.98. The average molecular weight is 372 g/mol. The fraction of sp³-hybridized carbons (Fsp3) is 0.524. The highest BCUT2D eigenvalue weighted by atomic mass is 19.1. The van der Waals surface area contributed by atoms with E-state index in [0.29, 0.717) is 17.8 Å². The molecule has 2 heterocycles. The van der Waals surface area contributed by atoms with Gasteiger partial charge in [0.2, 0.25) is 0 Å². The van der Waals surface area contributed by atoms with Crippen LogP contribution in [0.1, 0.15) is 50.4 Å². The summed E-state index contributed by atoms with van der Waals surface area (Å²) in [6.45, 7) is 9.32. The average Bonchev–Trinajstić information content (AvgIpc) is 3.16. The maximum atomic E-state index is 13.9. The van der Waals surface area contributed by atoms with Gasteiger partial charge in [-0.1, -0.05) is 25.5 Å². The van der Waals surface area contributed by atoms with E-state index in [1.165, 1.54) is 36.2 Å². The molecule has 0 spiro atoms. The number of piperidine rings is 1. The molecule has 0 saturated carbocycles. The Hall–Kier alpha value is -2.21. The van der Waals surface area contributed by atoms with Crippen LogP contribution in [0.5, 0.6) is 0 Å². The zero-order chi connectivity index (χ0) is 19.4. The summed E-state index contributed by atoms with van der Waals surface area (Å²) in [6, 6.07) is 6.38. The van der Waals surface area contributed by atoms with Gasteiger partial charge in [-0.25, -0.2) is 9.07 Å². The van der Waals surface area contributed by atoms with Crippen LogP contribution >= 0.6 is 0 Å². The van der Waals surface area contributed by atoms with E-state index in [0.717, 1.165) is 19.0 Å². The third-order valence-electron chi connectivity index (χ3n) is 5.58. The number of aromatic nitrogens is 2. The van der Waals surface area contributed by atoms with Crippen molar-refractivity contribution in [1.29, 1.82) is 0 Å². The Labute approximate surface area is 160 Å². The normalized spacial score (nSPS) is 18.4. The quantitative estimate of drug-likeness (QED) is 0.842. The van der Waals surface area contributed by atoms with E-state index in [1.807, 2.05) is 0 Å². The molecule has 1 unspecified atom stereocenters. The highest BCUT2D eigenvalue weighted by Gasteiger charge is 2.31. The van der Waals surface area contributed by atoms with Crippen molar-refractivity contribution in [3.63, 3.8) is 0 Å². The van der Waals surface area contributed by atoms with Crippen molar-refractivity contribution in [2.45, 2.75) is 45.6 Å². The summed E-state index contributed by atoms with van der Waals surface area (Å²) in [6.07, 6.45) is 6.75. The van der Waals surface area contributed by atoms with E-state index < -0.39 is 0 Å². The van der Waals surface area contributed by atoms with Gasteiger partial charge >= 0.3 is 0 Å². The first-order valence-corrected chi connectivity index (χ1v) is 9.73. The van der Waals surface area contributed by atoms with Gasteiger partial charge in [0.25, 0.3) is 5.91 Å². The molecule has 3 rings (SSSR count). The van der Waals surface area contributed by atoms with Gasteiger partial charge in [-0.05, 0) is 51.3 Å². The number of nitrogens with one attached hydrogen (secondary N) is 1. The Morgan fingerprint density at radius 3 is 2.89 bits per heavy atom. The van der Waals surface area contributed by atoms with E-state index in [-0.39, 0.29) is 17.3 Å². The first-order chi connectivity index (χ1) is 12.9. The molecule has 1 aliphatic heterocycles. The number of hydrogen-bond donors (Lipinski definition) is 1. The third kappa shape index (κ3) is 4.56. The smallest absolute Gasteiger partial charge is 0.254 e. The van der Waals surface area contributed by atoms with Crippen LogP contribution in [0.2, 0.25) is 0 Å². The van der Waals surface area contributed by atoms with Crippen LogP contribution in [0.15, 0.2) is 36.7 Å². The summed E-state index contributed by atoms with van der Waals surface area (Å²) >= 11 is 0. The van der Waals surface area contributed by atoms with Crippen LogP contribution in [0.3, 0.4) is 0 Å². The van der Waals surface area contributed by atoms with Crippen LogP contribution in [0.25, 0.3) is 5.69 Å². The summed E-state index contributed by atoms with van der Waals surface area (Å²) in [7, 11) is 0. The molecule has 0 bridgehead atoms. The number of halogens is 1. The summed E-state index contributed by atoms with van der Waals surface area (Å²) in [5.41, 5.74) is 0.653. The minimum absolute atomic E-state index is 0.106. The molecule has 1 N–H and O–H groups in total. The minimum atomic E-state index is -0.371. The molecule has 1 aliphatic rings. The van der Waals surface area contributed by atoms with E-state index in [2.05, 4.69) is 36.1 Å². The largest absolute Gasteiger partial charge is 0.350 e. The van der Waals surface area contributed by atoms with E-state index in [4.69, 9.17) is 0 Å². The Morgan fingerprint density at radius 2 is 2.15 bits per heavy atom. The summed E-state index contributed by atoms with van der Waals surface area (Å²) in [5.74, 6) is 0.187. The zero-order valence-electron chi connectivity index (χ0n) is 16.4. The molecular weight excluding hydrogens is 343 g/mol. The van der Waals surface area contributed by atoms with E-state index in [9.17, 15) is 9.18 Å². The predicted octanol–water partition coefficient (Wildman–Crippen LogP) is 3.64. The van der Waals surface area contributed by atoms with Gasteiger partial charge in [-0.2, -0.15) is 5.10 Å². The van der Waals surface area contributed by atoms with Crippen LogP contribution < -0.4 is 5.32 Å². The molecule has 2 aromatic rings. The Bertz CT molecular complexity index is 786. The number of benzene rings is 1. The first-order valence-electron chi connectivity index (χ1n) is 9.73. The number of likely N-dealkylation sites (tertiary alicyclic amines) is 1. The van der Waals surface area contributed by atoms with Crippen molar-refractivity contribution in [2.75, 3.05) is 19.6 Å². The molecule has 5 nitrogen and oxygen atoms in total. The van der Waals surface area contributed by atoms with Crippen molar-refractivity contribution in [3.8, 4) is 5.69 Å². The van der Waals surface area contributed by atoms with Crippen molar-refractivity contribution in [1.82, 2.24) is 20.0 Å². The number of carbonyl (C=O) groups excluding carboxylic acids is 1. The highest BCUT2D eigenvalue weighted by Crippen LogP contribution is 2.25. The lowest BCUT2D eigenvalue weighted by atomic mass is 9.91. The Kier molecular flexibility index (Phi) is 5.95. The molecule has 0 aliphatic carbocycles.